The zero-order valence-corrected chi connectivity index (χ0v) is 12.9. The molecule has 2 aromatic carbocycles. The third-order valence-electron chi connectivity index (χ3n) is 3.08. The molecule has 108 valence electrons. The molecule has 5 nitrogen and oxygen atoms in total. The fourth-order valence-electron chi connectivity index (χ4n) is 1.90. The van der Waals surface area contributed by atoms with E-state index < -0.39 is 4.92 Å². The van der Waals surface area contributed by atoms with Gasteiger partial charge < -0.3 is 5.32 Å². The van der Waals surface area contributed by atoms with Crippen LogP contribution in [0.2, 0.25) is 0 Å². The monoisotopic (exact) mass is 348 g/mol. The van der Waals surface area contributed by atoms with Gasteiger partial charge in [-0.25, -0.2) is 0 Å². The Hall–Kier alpha value is -2.21. The van der Waals surface area contributed by atoms with Crippen molar-refractivity contribution >= 4 is 33.2 Å². The second kappa shape index (κ2) is 6.49. The van der Waals surface area contributed by atoms with Crippen LogP contribution < -0.4 is 5.32 Å². The third-order valence-corrected chi connectivity index (χ3v) is 3.68. The van der Waals surface area contributed by atoms with Crippen LogP contribution in [0.1, 0.15) is 21.5 Å². The van der Waals surface area contributed by atoms with Crippen molar-refractivity contribution in [2.75, 3.05) is 5.32 Å². The Morgan fingerprint density at radius 3 is 2.67 bits per heavy atom. The van der Waals surface area contributed by atoms with Crippen molar-refractivity contribution in [1.82, 2.24) is 0 Å². The molecular formula is C15H13BrN2O3. The second-order valence-electron chi connectivity index (χ2n) is 4.50. The zero-order valence-electron chi connectivity index (χ0n) is 11.3. The van der Waals surface area contributed by atoms with Gasteiger partial charge in [0.2, 0.25) is 0 Å². The normalized spacial score (nSPS) is 10.2. The average molecular weight is 349 g/mol. The van der Waals surface area contributed by atoms with Crippen molar-refractivity contribution in [3.05, 3.63) is 69.3 Å². The summed E-state index contributed by atoms with van der Waals surface area (Å²) < 4.78 is 0. The van der Waals surface area contributed by atoms with Crippen LogP contribution in [0.4, 0.5) is 11.4 Å². The minimum Gasteiger partial charge on any atom is -0.322 e. The molecule has 0 aliphatic rings. The van der Waals surface area contributed by atoms with Crippen LogP contribution >= 0.6 is 15.9 Å². The minimum absolute atomic E-state index is 0.0589. The lowest BCUT2D eigenvalue weighted by Crippen LogP contribution is -2.13. The Morgan fingerprint density at radius 1 is 1.29 bits per heavy atom. The van der Waals surface area contributed by atoms with Gasteiger partial charge in [-0.2, -0.15) is 0 Å². The molecule has 2 aromatic rings. The molecule has 1 amide bonds. The van der Waals surface area contributed by atoms with E-state index in [1.807, 2.05) is 18.2 Å². The van der Waals surface area contributed by atoms with Gasteiger partial charge in [-0.3, -0.25) is 14.9 Å². The van der Waals surface area contributed by atoms with Crippen LogP contribution in [-0.4, -0.2) is 10.8 Å². The number of para-hydroxylation sites is 1. The van der Waals surface area contributed by atoms with Gasteiger partial charge in [0.1, 0.15) is 0 Å². The number of nitro benzene ring substituents is 1. The summed E-state index contributed by atoms with van der Waals surface area (Å²) in [4.78, 5) is 22.7. The Balaban J connectivity index is 2.29. The second-order valence-corrected chi connectivity index (χ2v) is 5.06. The van der Waals surface area contributed by atoms with E-state index in [4.69, 9.17) is 0 Å². The molecule has 0 aromatic heterocycles. The summed E-state index contributed by atoms with van der Waals surface area (Å²) in [5.74, 6) is -0.369. The molecule has 0 atom stereocenters. The highest BCUT2D eigenvalue weighted by atomic mass is 79.9. The number of nitrogens with one attached hydrogen (secondary N) is 1. The smallest absolute Gasteiger partial charge is 0.273 e. The summed E-state index contributed by atoms with van der Waals surface area (Å²) in [7, 11) is 0. The first-order valence-corrected chi connectivity index (χ1v) is 7.35. The molecule has 0 heterocycles. The number of anilines is 1. The fourth-order valence-corrected chi connectivity index (χ4v) is 2.39. The molecule has 0 unspecified atom stereocenters. The number of aryl methyl sites for hydroxylation is 1. The fraction of sp³-hybridized carbons (Fsp3) is 0.133. The van der Waals surface area contributed by atoms with Crippen molar-refractivity contribution in [3.8, 4) is 0 Å². The number of carbonyl (C=O) groups is 1. The van der Waals surface area contributed by atoms with E-state index in [9.17, 15) is 14.9 Å². The molecule has 21 heavy (non-hydrogen) atoms. The number of halogens is 1. The highest BCUT2D eigenvalue weighted by Gasteiger charge is 2.15. The molecule has 0 bridgehead atoms. The maximum atomic E-state index is 12.2. The molecule has 0 radical (unpaired) electrons. The van der Waals surface area contributed by atoms with E-state index in [-0.39, 0.29) is 17.2 Å². The third kappa shape index (κ3) is 3.46. The van der Waals surface area contributed by atoms with E-state index in [1.54, 1.807) is 25.1 Å². The Labute approximate surface area is 130 Å². The maximum absolute atomic E-state index is 12.2. The first-order chi connectivity index (χ1) is 10.0. The predicted octanol–water partition coefficient (Wildman–Crippen LogP) is 4.05. The summed E-state index contributed by atoms with van der Waals surface area (Å²) >= 11 is 3.35. The highest BCUT2D eigenvalue weighted by Crippen LogP contribution is 2.22. The van der Waals surface area contributed by atoms with E-state index in [1.165, 1.54) is 6.07 Å². The van der Waals surface area contributed by atoms with E-state index in [0.717, 1.165) is 5.56 Å². The van der Waals surface area contributed by atoms with Gasteiger partial charge in [0.05, 0.1) is 4.92 Å². The Bertz CT molecular complexity index is 701. The molecule has 0 saturated carbocycles. The summed E-state index contributed by atoms with van der Waals surface area (Å²) in [6, 6.07) is 11.8. The number of hydrogen-bond donors (Lipinski definition) is 1. The number of benzene rings is 2. The van der Waals surface area contributed by atoms with Gasteiger partial charge in [0.15, 0.2) is 0 Å². The van der Waals surface area contributed by atoms with Crippen molar-refractivity contribution in [1.29, 1.82) is 0 Å². The van der Waals surface area contributed by atoms with Crippen molar-refractivity contribution < 1.29 is 9.72 Å². The molecular weight excluding hydrogens is 336 g/mol. The number of alkyl halides is 1. The SMILES string of the molecule is Cc1ccc(C(=O)Nc2ccccc2CBr)cc1[N+](=O)[O-]. The lowest BCUT2D eigenvalue weighted by molar-refractivity contribution is -0.385. The van der Waals surface area contributed by atoms with E-state index in [2.05, 4.69) is 21.2 Å². The number of carbonyl (C=O) groups excluding carboxylic acids is 1. The summed E-state index contributed by atoms with van der Waals surface area (Å²) in [5, 5.41) is 14.3. The summed E-state index contributed by atoms with van der Waals surface area (Å²) in [5.41, 5.74) is 2.35. The predicted molar refractivity (Wildman–Crippen MR) is 84.9 cm³/mol. The van der Waals surface area contributed by atoms with Crippen molar-refractivity contribution in [2.45, 2.75) is 12.3 Å². The molecule has 2 rings (SSSR count). The van der Waals surface area contributed by atoms with Gasteiger partial charge in [-0.15, -0.1) is 0 Å². The molecule has 6 heteroatoms. The lowest BCUT2D eigenvalue weighted by atomic mass is 10.1. The topological polar surface area (TPSA) is 72.2 Å². The highest BCUT2D eigenvalue weighted by molar-refractivity contribution is 9.08. The van der Waals surface area contributed by atoms with Crippen LogP contribution in [0.25, 0.3) is 0 Å². The quantitative estimate of drug-likeness (QED) is 0.514. The summed E-state index contributed by atoms with van der Waals surface area (Å²) in [6.07, 6.45) is 0. The zero-order chi connectivity index (χ0) is 15.4. The standard InChI is InChI=1S/C15H13BrN2O3/c1-10-6-7-11(8-14(10)18(20)21)15(19)17-13-5-3-2-4-12(13)9-16/h2-8H,9H2,1H3,(H,17,19). The van der Waals surface area contributed by atoms with Gasteiger partial charge in [-0.05, 0) is 24.6 Å². The molecule has 0 fully saturated rings. The number of nitrogens with zero attached hydrogens (tertiary/aromatic N) is 1. The minimum atomic E-state index is -0.488. The van der Waals surface area contributed by atoms with Crippen molar-refractivity contribution in [3.63, 3.8) is 0 Å². The van der Waals surface area contributed by atoms with Crippen molar-refractivity contribution in [2.24, 2.45) is 0 Å². The largest absolute Gasteiger partial charge is 0.322 e. The lowest BCUT2D eigenvalue weighted by Gasteiger charge is -2.09. The maximum Gasteiger partial charge on any atom is 0.273 e. The molecule has 0 aliphatic carbocycles. The van der Waals surface area contributed by atoms with Crippen LogP contribution in [0.15, 0.2) is 42.5 Å². The first-order valence-electron chi connectivity index (χ1n) is 6.23. The number of amides is 1. The van der Waals surface area contributed by atoms with E-state index >= 15 is 0 Å². The van der Waals surface area contributed by atoms with Crippen LogP contribution in [0.5, 0.6) is 0 Å². The molecule has 0 saturated heterocycles. The van der Waals surface area contributed by atoms with Gasteiger partial charge in [-0.1, -0.05) is 40.2 Å². The van der Waals surface area contributed by atoms with Gasteiger partial charge in [0, 0.05) is 28.2 Å². The Morgan fingerprint density at radius 2 is 2.00 bits per heavy atom. The van der Waals surface area contributed by atoms with Crippen LogP contribution in [0.3, 0.4) is 0 Å². The summed E-state index contributed by atoms with van der Waals surface area (Å²) in [6.45, 7) is 1.64. The van der Waals surface area contributed by atoms with Crippen LogP contribution in [0, 0.1) is 17.0 Å². The number of rotatable bonds is 4. The van der Waals surface area contributed by atoms with E-state index in [0.29, 0.717) is 16.6 Å². The average Bonchev–Trinajstić information content (AvgIpc) is 2.47. The number of hydrogen-bond acceptors (Lipinski definition) is 3. The molecule has 0 spiro atoms. The Kier molecular flexibility index (Phi) is 4.70. The first kappa shape index (κ1) is 15.2. The van der Waals surface area contributed by atoms with Gasteiger partial charge in [0.25, 0.3) is 11.6 Å². The molecule has 1 N–H and O–H groups in total. The van der Waals surface area contributed by atoms with Crippen LogP contribution in [-0.2, 0) is 5.33 Å². The van der Waals surface area contributed by atoms with Gasteiger partial charge >= 0.3 is 0 Å². The molecule has 0 aliphatic heterocycles. The number of nitro groups is 1.